The van der Waals surface area contributed by atoms with Crippen molar-refractivity contribution in [2.24, 2.45) is 0 Å². The second-order valence-corrected chi connectivity index (χ2v) is 7.56. The highest BCUT2D eigenvalue weighted by molar-refractivity contribution is 5.93. The zero-order valence-corrected chi connectivity index (χ0v) is 17.3. The van der Waals surface area contributed by atoms with Crippen LogP contribution in [0.2, 0.25) is 0 Å². The molecule has 4 rings (SSSR count). The minimum Gasteiger partial charge on any atom is -0.489 e. The largest absolute Gasteiger partial charge is 0.489 e. The van der Waals surface area contributed by atoms with Gasteiger partial charge in [-0.3, -0.25) is 4.79 Å². The lowest BCUT2D eigenvalue weighted by molar-refractivity contribution is -0.115. The molecule has 0 aliphatic carbocycles. The number of nitrogens with zero attached hydrogens (tertiary/aromatic N) is 1. The lowest BCUT2D eigenvalue weighted by Crippen LogP contribution is -2.19. The van der Waals surface area contributed by atoms with Gasteiger partial charge in [-0.1, -0.05) is 24.3 Å². The van der Waals surface area contributed by atoms with Gasteiger partial charge >= 0.3 is 0 Å². The summed E-state index contributed by atoms with van der Waals surface area (Å²) in [5, 5.41) is 2.95. The molecule has 30 heavy (non-hydrogen) atoms. The monoisotopic (exact) mass is 406 g/mol. The summed E-state index contributed by atoms with van der Waals surface area (Å²) >= 11 is 0. The molecule has 0 saturated carbocycles. The Labute approximate surface area is 176 Å². The van der Waals surface area contributed by atoms with Crippen LogP contribution in [0.3, 0.4) is 0 Å². The van der Waals surface area contributed by atoms with Crippen molar-refractivity contribution in [2.75, 3.05) is 18.5 Å². The van der Waals surface area contributed by atoms with E-state index >= 15 is 0 Å². The molecule has 1 fully saturated rings. The number of nitrogens with one attached hydrogen (secondary N) is 1. The molecule has 0 radical (unpaired) electrons. The standard InChI is InChI=1S/C24H26N2O4/c1-16-10-11-20(22(13-16)29-15-19-9-6-12-28-19)25-23(27)14-21-17(2)30-24(26-21)18-7-4-3-5-8-18/h3-5,7-8,10-11,13,19H,6,9,12,14-15H2,1-2H3,(H,25,27). The fourth-order valence-corrected chi connectivity index (χ4v) is 3.45. The number of rotatable bonds is 7. The quantitative estimate of drug-likeness (QED) is 0.616. The fourth-order valence-electron chi connectivity index (χ4n) is 3.45. The molecule has 1 aromatic heterocycles. The van der Waals surface area contributed by atoms with Gasteiger partial charge in [0.15, 0.2) is 0 Å². The van der Waals surface area contributed by atoms with Crippen molar-refractivity contribution in [3.05, 3.63) is 65.5 Å². The molecule has 6 nitrogen and oxygen atoms in total. The lowest BCUT2D eigenvalue weighted by Gasteiger charge is -2.16. The highest BCUT2D eigenvalue weighted by atomic mass is 16.5. The lowest BCUT2D eigenvalue weighted by atomic mass is 10.2. The van der Waals surface area contributed by atoms with Crippen molar-refractivity contribution in [1.29, 1.82) is 0 Å². The number of ether oxygens (including phenoxy) is 2. The Morgan fingerprint density at radius 2 is 2.03 bits per heavy atom. The van der Waals surface area contributed by atoms with E-state index in [9.17, 15) is 4.79 Å². The highest BCUT2D eigenvalue weighted by Gasteiger charge is 2.19. The minimum atomic E-state index is -0.170. The number of benzene rings is 2. The maximum Gasteiger partial charge on any atom is 0.230 e. The third-order valence-electron chi connectivity index (χ3n) is 5.10. The normalized spacial score (nSPS) is 15.9. The molecule has 1 aliphatic heterocycles. The average molecular weight is 406 g/mol. The summed E-state index contributed by atoms with van der Waals surface area (Å²) in [6.07, 6.45) is 2.31. The van der Waals surface area contributed by atoms with Crippen molar-refractivity contribution in [2.45, 2.75) is 39.2 Å². The van der Waals surface area contributed by atoms with E-state index in [2.05, 4.69) is 10.3 Å². The van der Waals surface area contributed by atoms with Crippen LogP contribution in [0, 0.1) is 13.8 Å². The molecule has 1 aliphatic rings. The van der Waals surface area contributed by atoms with Gasteiger partial charge < -0.3 is 19.2 Å². The van der Waals surface area contributed by atoms with Crippen LogP contribution in [0.1, 0.15) is 29.9 Å². The number of aromatic nitrogens is 1. The van der Waals surface area contributed by atoms with Gasteiger partial charge in [0, 0.05) is 12.2 Å². The second kappa shape index (κ2) is 9.13. The Morgan fingerprint density at radius 1 is 1.20 bits per heavy atom. The van der Waals surface area contributed by atoms with Crippen LogP contribution in [0.4, 0.5) is 5.69 Å². The Balaban J connectivity index is 1.43. The topological polar surface area (TPSA) is 73.6 Å². The van der Waals surface area contributed by atoms with Crippen LogP contribution < -0.4 is 10.1 Å². The summed E-state index contributed by atoms with van der Waals surface area (Å²) in [4.78, 5) is 17.2. The molecule has 6 heteroatoms. The molecule has 0 spiro atoms. The van der Waals surface area contributed by atoms with Crippen LogP contribution >= 0.6 is 0 Å². The molecule has 1 atom stereocenters. The second-order valence-electron chi connectivity index (χ2n) is 7.56. The molecule has 1 N–H and O–H groups in total. The fraction of sp³-hybridized carbons (Fsp3) is 0.333. The van der Waals surface area contributed by atoms with Gasteiger partial charge in [0.05, 0.1) is 23.9 Å². The number of hydrogen-bond acceptors (Lipinski definition) is 5. The summed E-state index contributed by atoms with van der Waals surface area (Å²) in [6.45, 7) is 5.08. The van der Waals surface area contributed by atoms with Crippen LogP contribution in [0.25, 0.3) is 11.5 Å². The summed E-state index contributed by atoms with van der Waals surface area (Å²) in [7, 11) is 0. The molecular formula is C24H26N2O4. The zero-order valence-electron chi connectivity index (χ0n) is 17.3. The summed E-state index contributed by atoms with van der Waals surface area (Å²) in [5.41, 5.74) is 3.22. The SMILES string of the molecule is Cc1ccc(NC(=O)Cc2nc(-c3ccccc3)oc2C)c(OCC2CCCO2)c1. The molecule has 2 heterocycles. The molecule has 3 aromatic rings. The van der Waals surface area contributed by atoms with E-state index in [0.717, 1.165) is 30.6 Å². The van der Waals surface area contributed by atoms with Gasteiger partial charge in [-0.2, -0.15) is 0 Å². The number of aryl methyl sites for hydroxylation is 2. The third kappa shape index (κ3) is 4.89. The van der Waals surface area contributed by atoms with E-state index in [1.54, 1.807) is 0 Å². The van der Waals surface area contributed by atoms with Gasteiger partial charge in [0.2, 0.25) is 11.8 Å². The van der Waals surface area contributed by atoms with Gasteiger partial charge in [-0.25, -0.2) is 4.98 Å². The summed E-state index contributed by atoms with van der Waals surface area (Å²) in [5.74, 6) is 1.65. The van der Waals surface area contributed by atoms with Crippen molar-refractivity contribution < 1.29 is 18.7 Å². The predicted molar refractivity (Wildman–Crippen MR) is 115 cm³/mol. The Bertz CT molecular complexity index is 1010. The molecule has 1 unspecified atom stereocenters. The number of carbonyl (C=O) groups is 1. The third-order valence-corrected chi connectivity index (χ3v) is 5.10. The zero-order chi connectivity index (χ0) is 20.9. The first-order valence-electron chi connectivity index (χ1n) is 10.2. The number of anilines is 1. The van der Waals surface area contributed by atoms with Crippen LogP contribution in [-0.2, 0) is 16.0 Å². The van der Waals surface area contributed by atoms with Crippen molar-refractivity contribution in [1.82, 2.24) is 4.98 Å². The first kappa shape index (κ1) is 20.2. The first-order chi connectivity index (χ1) is 14.6. The first-order valence-corrected chi connectivity index (χ1v) is 10.2. The van der Waals surface area contributed by atoms with E-state index in [-0.39, 0.29) is 18.4 Å². The summed E-state index contributed by atoms with van der Waals surface area (Å²) < 4.78 is 17.3. The van der Waals surface area contributed by atoms with E-state index in [1.807, 2.05) is 62.4 Å². The van der Waals surface area contributed by atoms with Crippen molar-refractivity contribution >= 4 is 11.6 Å². The van der Waals surface area contributed by atoms with E-state index in [4.69, 9.17) is 13.9 Å². The van der Waals surface area contributed by atoms with E-state index in [0.29, 0.717) is 35.4 Å². The van der Waals surface area contributed by atoms with Gasteiger partial charge in [0.1, 0.15) is 18.1 Å². The van der Waals surface area contributed by atoms with Gasteiger partial charge in [-0.05, 0) is 56.5 Å². The molecule has 1 saturated heterocycles. The van der Waals surface area contributed by atoms with Crippen LogP contribution in [0.15, 0.2) is 52.9 Å². The number of hydrogen-bond donors (Lipinski definition) is 1. The van der Waals surface area contributed by atoms with Crippen molar-refractivity contribution in [3.8, 4) is 17.2 Å². The van der Waals surface area contributed by atoms with Crippen LogP contribution in [0.5, 0.6) is 5.75 Å². The highest BCUT2D eigenvalue weighted by Crippen LogP contribution is 2.28. The predicted octanol–water partition coefficient (Wildman–Crippen LogP) is 4.70. The van der Waals surface area contributed by atoms with Gasteiger partial charge in [0.25, 0.3) is 0 Å². The Hall–Kier alpha value is -3.12. The molecular weight excluding hydrogens is 380 g/mol. The van der Waals surface area contributed by atoms with E-state index < -0.39 is 0 Å². The molecule has 1 amide bonds. The van der Waals surface area contributed by atoms with E-state index in [1.165, 1.54) is 0 Å². The summed E-state index contributed by atoms with van der Waals surface area (Å²) in [6, 6.07) is 15.4. The number of oxazole rings is 1. The smallest absolute Gasteiger partial charge is 0.230 e. The number of amides is 1. The maximum absolute atomic E-state index is 12.7. The number of carbonyl (C=O) groups excluding carboxylic acids is 1. The van der Waals surface area contributed by atoms with Crippen LogP contribution in [-0.4, -0.2) is 30.2 Å². The average Bonchev–Trinajstić information content (AvgIpc) is 3.39. The van der Waals surface area contributed by atoms with Crippen molar-refractivity contribution in [3.63, 3.8) is 0 Å². The molecule has 156 valence electrons. The maximum atomic E-state index is 12.7. The Morgan fingerprint density at radius 3 is 2.80 bits per heavy atom. The van der Waals surface area contributed by atoms with Gasteiger partial charge in [-0.15, -0.1) is 0 Å². The molecule has 2 aromatic carbocycles. The minimum absolute atomic E-state index is 0.114. The Kier molecular flexibility index (Phi) is 6.14. The molecule has 0 bridgehead atoms.